The molecule has 0 spiro atoms. The molecule has 0 saturated heterocycles. The Balaban J connectivity index is 1.72. The van der Waals surface area contributed by atoms with E-state index in [-0.39, 0.29) is 17.1 Å². The molecule has 0 radical (unpaired) electrons. The van der Waals surface area contributed by atoms with Gasteiger partial charge in [-0.2, -0.15) is 0 Å². The minimum atomic E-state index is -0.0535. The van der Waals surface area contributed by atoms with Gasteiger partial charge in [-0.3, -0.25) is 9.59 Å². The summed E-state index contributed by atoms with van der Waals surface area (Å²) in [5.74, 6) is 0.221. The molecule has 0 N–H and O–H groups in total. The highest BCUT2D eigenvalue weighted by Gasteiger charge is 2.28. The maximum Gasteiger partial charge on any atom is 0.227 e. The van der Waals surface area contributed by atoms with Gasteiger partial charge in [0.2, 0.25) is 5.91 Å². The molecule has 1 aliphatic heterocycles. The normalized spacial score (nSPS) is 14.4. The summed E-state index contributed by atoms with van der Waals surface area (Å²) in [7, 11) is 0. The van der Waals surface area contributed by atoms with Gasteiger partial charge < -0.3 is 4.90 Å². The van der Waals surface area contributed by atoms with Crippen molar-refractivity contribution in [2.75, 3.05) is 11.4 Å². The second-order valence-corrected chi connectivity index (χ2v) is 6.99. The number of hydrogen-bond donors (Lipinski definition) is 0. The molecule has 3 rings (SSSR count). The van der Waals surface area contributed by atoms with Crippen LogP contribution in [0.15, 0.2) is 54.6 Å². The molecule has 0 unspecified atom stereocenters. The lowest BCUT2D eigenvalue weighted by Gasteiger charge is -2.31. The molecule has 0 saturated carbocycles. The lowest BCUT2D eigenvalue weighted by Crippen LogP contribution is -2.38. The third kappa shape index (κ3) is 3.25. The number of rotatable bonds is 4. The third-order valence-electron chi connectivity index (χ3n) is 4.88. The van der Waals surface area contributed by atoms with Crippen LogP contribution in [0.5, 0.6) is 0 Å². The number of carbonyl (C=O) groups is 2. The Morgan fingerprint density at radius 2 is 1.71 bits per heavy atom. The molecule has 3 nitrogen and oxygen atoms in total. The molecule has 2 aromatic carbocycles. The number of anilines is 1. The molecule has 0 aromatic heterocycles. The molecule has 1 amide bonds. The Bertz CT molecular complexity index is 749. The Labute approximate surface area is 143 Å². The Morgan fingerprint density at radius 1 is 1.04 bits per heavy atom. The fraction of sp³-hybridized carbons (Fsp3) is 0.333. The Morgan fingerprint density at radius 3 is 2.46 bits per heavy atom. The van der Waals surface area contributed by atoms with E-state index >= 15 is 0 Å². The van der Waals surface area contributed by atoms with E-state index in [1.807, 2.05) is 42.5 Å². The van der Waals surface area contributed by atoms with Crippen LogP contribution in [0, 0.1) is 0 Å². The molecular formula is C21H23NO2. The Kier molecular flexibility index (Phi) is 4.52. The monoisotopic (exact) mass is 321 g/mol. The summed E-state index contributed by atoms with van der Waals surface area (Å²) in [6, 6.07) is 17.7. The van der Waals surface area contributed by atoms with Gasteiger partial charge in [0, 0.05) is 24.9 Å². The standard InChI is InChI=1S/C21H23NO2/c1-21(2,16-8-4-3-5-9-16)14-12-20(24)22-15-13-19(23)17-10-6-7-11-18(17)22/h3-11H,12-15H2,1-2H3. The number of nitrogens with zero attached hydrogens (tertiary/aromatic N) is 1. The minimum absolute atomic E-state index is 0.0535. The second kappa shape index (κ2) is 6.60. The number of Topliss-reactive ketones (excluding diaryl/α,β-unsaturated/α-hetero) is 1. The number of ketones is 1. The van der Waals surface area contributed by atoms with Crippen LogP contribution in [0.4, 0.5) is 5.69 Å². The van der Waals surface area contributed by atoms with Gasteiger partial charge in [0.15, 0.2) is 5.78 Å². The summed E-state index contributed by atoms with van der Waals surface area (Å²) in [5, 5.41) is 0. The predicted octanol–water partition coefficient (Wildman–Crippen LogP) is 4.36. The first kappa shape index (κ1) is 16.4. The molecular weight excluding hydrogens is 298 g/mol. The number of benzene rings is 2. The van der Waals surface area contributed by atoms with E-state index in [0.29, 0.717) is 24.9 Å². The number of para-hydroxylation sites is 1. The van der Waals surface area contributed by atoms with Gasteiger partial charge in [-0.05, 0) is 29.5 Å². The summed E-state index contributed by atoms with van der Waals surface area (Å²) in [6.07, 6.45) is 1.66. The van der Waals surface area contributed by atoms with Gasteiger partial charge >= 0.3 is 0 Å². The first-order chi connectivity index (χ1) is 11.5. The van der Waals surface area contributed by atoms with Crippen molar-refractivity contribution < 1.29 is 9.59 Å². The second-order valence-electron chi connectivity index (χ2n) is 6.99. The summed E-state index contributed by atoms with van der Waals surface area (Å²) in [4.78, 5) is 26.6. The zero-order valence-electron chi connectivity index (χ0n) is 14.3. The van der Waals surface area contributed by atoms with Crippen LogP contribution in [0.2, 0.25) is 0 Å². The molecule has 0 aliphatic carbocycles. The van der Waals surface area contributed by atoms with Crippen molar-refractivity contribution in [3.8, 4) is 0 Å². The quantitative estimate of drug-likeness (QED) is 0.839. The topological polar surface area (TPSA) is 37.4 Å². The van der Waals surface area contributed by atoms with Gasteiger partial charge in [-0.25, -0.2) is 0 Å². The lowest BCUT2D eigenvalue weighted by atomic mass is 9.80. The van der Waals surface area contributed by atoms with Crippen molar-refractivity contribution >= 4 is 17.4 Å². The first-order valence-corrected chi connectivity index (χ1v) is 8.47. The average Bonchev–Trinajstić information content (AvgIpc) is 2.61. The van der Waals surface area contributed by atoms with E-state index < -0.39 is 0 Å². The van der Waals surface area contributed by atoms with E-state index in [1.165, 1.54) is 5.56 Å². The van der Waals surface area contributed by atoms with Gasteiger partial charge in [0.05, 0.1) is 5.69 Å². The molecule has 24 heavy (non-hydrogen) atoms. The number of fused-ring (bicyclic) bond motifs is 1. The molecule has 0 atom stereocenters. The van der Waals surface area contributed by atoms with Gasteiger partial charge in [-0.15, -0.1) is 0 Å². The van der Waals surface area contributed by atoms with Gasteiger partial charge in [-0.1, -0.05) is 56.3 Å². The van der Waals surface area contributed by atoms with E-state index in [1.54, 1.807) is 4.90 Å². The van der Waals surface area contributed by atoms with Crippen LogP contribution in [0.3, 0.4) is 0 Å². The number of hydrogen-bond acceptors (Lipinski definition) is 2. The van der Waals surface area contributed by atoms with Gasteiger partial charge in [0.1, 0.15) is 0 Å². The highest BCUT2D eigenvalue weighted by atomic mass is 16.2. The SMILES string of the molecule is CC(C)(CCC(=O)N1CCC(=O)c2ccccc21)c1ccccc1. The number of amides is 1. The van der Waals surface area contributed by atoms with Gasteiger partial charge in [0.25, 0.3) is 0 Å². The molecule has 2 aromatic rings. The lowest BCUT2D eigenvalue weighted by molar-refractivity contribution is -0.119. The van der Waals surface area contributed by atoms with Crippen LogP contribution in [0.25, 0.3) is 0 Å². The molecule has 1 heterocycles. The fourth-order valence-corrected chi connectivity index (χ4v) is 3.26. The third-order valence-corrected chi connectivity index (χ3v) is 4.88. The fourth-order valence-electron chi connectivity index (χ4n) is 3.26. The minimum Gasteiger partial charge on any atom is -0.311 e. The Hall–Kier alpha value is -2.42. The van der Waals surface area contributed by atoms with Crippen LogP contribution in [-0.4, -0.2) is 18.2 Å². The summed E-state index contributed by atoms with van der Waals surface area (Å²) in [5.41, 5.74) is 2.62. The molecule has 1 aliphatic rings. The summed E-state index contributed by atoms with van der Waals surface area (Å²) >= 11 is 0. The van der Waals surface area contributed by atoms with Crippen molar-refractivity contribution in [1.29, 1.82) is 0 Å². The van der Waals surface area contributed by atoms with E-state index in [9.17, 15) is 9.59 Å². The largest absolute Gasteiger partial charge is 0.311 e. The maximum absolute atomic E-state index is 12.8. The molecule has 124 valence electrons. The van der Waals surface area contributed by atoms with Crippen molar-refractivity contribution in [3.63, 3.8) is 0 Å². The smallest absolute Gasteiger partial charge is 0.227 e. The average molecular weight is 321 g/mol. The van der Waals surface area contributed by atoms with Crippen LogP contribution in [0.1, 0.15) is 49.0 Å². The van der Waals surface area contributed by atoms with Crippen LogP contribution < -0.4 is 4.90 Å². The highest BCUT2D eigenvalue weighted by Crippen LogP contribution is 2.31. The highest BCUT2D eigenvalue weighted by molar-refractivity contribution is 6.08. The van der Waals surface area contributed by atoms with Crippen LogP contribution in [-0.2, 0) is 10.2 Å². The van der Waals surface area contributed by atoms with E-state index in [4.69, 9.17) is 0 Å². The van der Waals surface area contributed by atoms with E-state index in [0.717, 1.165) is 12.1 Å². The van der Waals surface area contributed by atoms with Crippen molar-refractivity contribution in [2.45, 2.75) is 38.5 Å². The van der Waals surface area contributed by atoms with Crippen molar-refractivity contribution in [2.24, 2.45) is 0 Å². The number of carbonyl (C=O) groups excluding carboxylic acids is 2. The van der Waals surface area contributed by atoms with Crippen molar-refractivity contribution in [1.82, 2.24) is 0 Å². The van der Waals surface area contributed by atoms with Crippen LogP contribution >= 0.6 is 0 Å². The molecule has 0 fully saturated rings. The molecule has 3 heteroatoms. The summed E-state index contributed by atoms with van der Waals surface area (Å²) < 4.78 is 0. The van der Waals surface area contributed by atoms with Crippen molar-refractivity contribution in [3.05, 3.63) is 65.7 Å². The predicted molar refractivity (Wildman–Crippen MR) is 96.4 cm³/mol. The molecule has 0 bridgehead atoms. The van der Waals surface area contributed by atoms with E-state index in [2.05, 4.69) is 26.0 Å². The first-order valence-electron chi connectivity index (χ1n) is 8.47. The maximum atomic E-state index is 12.8. The zero-order valence-corrected chi connectivity index (χ0v) is 14.3. The zero-order chi connectivity index (χ0) is 17.2. The summed E-state index contributed by atoms with van der Waals surface area (Å²) in [6.45, 7) is 4.83.